The van der Waals surface area contributed by atoms with Gasteiger partial charge in [-0.3, -0.25) is 4.79 Å². The van der Waals surface area contributed by atoms with Gasteiger partial charge in [-0.25, -0.2) is 0 Å². The van der Waals surface area contributed by atoms with Crippen LogP contribution in [-0.4, -0.2) is 11.6 Å². The molecule has 0 aromatic rings. The van der Waals surface area contributed by atoms with E-state index >= 15 is 0 Å². The molecule has 4 rings (SSSR count). The van der Waals surface area contributed by atoms with Gasteiger partial charge in [0.25, 0.3) is 0 Å². The normalized spacial score (nSPS) is 45.1. The van der Waals surface area contributed by atoms with Gasteiger partial charge in [0.05, 0.1) is 5.92 Å². The SMILES string of the molecule is CC(C)C(=O)OC12CC3CC(CC(C3)C1)C2. The zero-order valence-corrected chi connectivity index (χ0v) is 10.4. The third-order valence-corrected chi connectivity index (χ3v) is 4.77. The largest absolute Gasteiger partial charge is 0.459 e. The van der Waals surface area contributed by atoms with Gasteiger partial charge in [-0.2, -0.15) is 0 Å². The van der Waals surface area contributed by atoms with Crippen molar-refractivity contribution in [3.63, 3.8) is 0 Å². The quantitative estimate of drug-likeness (QED) is 0.671. The smallest absolute Gasteiger partial charge is 0.308 e. The highest BCUT2D eigenvalue weighted by atomic mass is 16.6. The molecule has 4 fully saturated rings. The first-order chi connectivity index (χ1) is 7.56. The highest BCUT2D eigenvalue weighted by Gasteiger charge is 2.53. The van der Waals surface area contributed by atoms with Crippen LogP contribution in [0.2, 0.25) is 0 Å². The molecule has 90 valence electrons. The third kappa shape index (κ3) is 1.66. The summed E-state index contributed by atoms with van der Waals surface area (Å²) in [4.78, 5) is 11.8. The van der Waals surface area contributed by atoms with Gasteiger partial charge in [-0.1, -0.05) is 13.8 Å². The average Bonchev–Trinajstić information content (AvgIpc) is 2.13. The zero-order valence-electron chi connectivity index (χ0n) is 10.4. The molecule has 4 aliphatic rings. The second-order valence-electron chi connectivity index (χ2n) is 6.68. The van der Waals surface area contributed by atoms with E-state index in [1.165, 1.54) is 19.3 Å². The molecule has 16 heavy (non-hydrogen) atoms. The first-order valence-electron chi connectivity index (χ1n) is 6.79. The van der Waals surface area contributed by atoms with E-state index in [9.17, 15) is 4.79 Å². The van der Waals surface area contributed by atoms with Gasteiger partial charge in [0.2, 0.25) is 0 Å². The molecule has 0 atom stereocenters. The van der Waals surface area contributed by atoms with Crippen LogP contribution in [0.4, 0.5) is 0 Å². The molecular weight excluding hydrogens is 200 g/mol. The predicted octanol–water partition coefficient (Wildman–Crippen LogP) is 3.15. The zero-order chi connectivity index (χ0) is 11.3. The fourth-order valence-corrected chi connectivity index (χ4v) is 4.49. The van der Waals surface area contributed by atoms with Crippen LogP contribution < -0.4 is 0 Å². The van der Waals surface area contributed by atoms with Crippen LogP contribution in [0.1, 0.15) is 52.4 Å². The Morgan fingerprint density at radius 1 is 1.06 bits per heavy atom. The summed E-state index contributed by atoms with van der Waals surface area (Å²) in [6.45, 7) is 3.87. The molecule has 4 aliphatic carbocycles. The molecule has 0 spiro atoms. The Labute approximate surface area is 97.7 Å². The fraction of sp³-hybridized carbons (Fsp3) is 0.929. The van der Waals surface area contributed by atoms with E-state index < -0.39 is 0 Å². The van der Waals surface area contributed by atoms with Crippen LogP contribution in [0.15, 0.2) is 0 Å². The molecule has 0 heterocycles. The number of hydrogen-bond donors (Lipinski definition) is 0. The first kappa shape index (κ1) is 10.6. The number of esters is 1. The van der Waals surface area contributed by atoms with Crippen LogP contribution >= 0.6 is 0 Å². The highest BCUT2D eigenvalue weighted by molar-refractivity contribution is 5.72. The summed E-state index contributed by atoms with van der Waals surface area (Å²) in [7, 11) is 0. The van der Waals surface area contributed by atoms with Crippen molar-refractivity contribution in [2.45, 2.75) is 58.0 Å². The van der Waals surface area contributed by atoms with E-state index in [-0.39, 0.29) is 17.5 Å². The third-order valence-electron chi connectivity index (χ3n) is 4.77. The van der Waals surface area contributed by atoms with Gasteiger partial charge in [-0.15, -0.1) is 0 Å². The maximum atomic E-state index is 11.8. The monoisotopic (exact) mass is 222 g/mol. The van der Waals surface area contributed by atoms with Crippen molar-refractivity contribution in [2.75, 3.05) is 0 Å². The number of carbonyl (C=O) groups is 1. The topological polar surface area (TPSA) is 26.3 Å². The minimum Gasteiger partial charge on any atom is -0.459 e. The van der Waals surface area contributed by atoms with E-state index in [4.69, 9.17) is 4.74 Å². The van der Waals surface area contributed by atoms with Crippen LogP contribution in [-0.2, 0) is 9.53 Å². The Morgan fingerprint density at radius 3 is 1.88 bits per heavy atom. The Hall–Kier alpha value is -0.530. The van der Waals surface area contributed by atoms with Crippen molar-refractivity contribution >= 4 is 5.97 Å². The molecule has 0 amide bonds. The molecule has 0 aliphatic heterocycles. The lowest BCUT2D eigenvalue weighted by molar-refractivity contribution is -0.189. The summed E-state index contributed by atoms with van der Waals surface area (Å²) in [6, 6.07) is 0. The molecule has 2 nitrogen and oxygen atoms in total. The number of carbonyl (C=O) groups excluding carboxylic acids is 1. The molecule has 0 unspecified atom stereocenters. The number of ether oxygens (including phenoxy) is 1. The van der Waals surface area contributed by atoms with Crippen molar-refractivity contribution < 1.29 is 9.53 Å². The molecule has 4 bridgehead atoms. The van der Waals surface area contributed by atoms with E-state index in [1.54, 1.807) is 0 Å². The van der Waals surface area contributed by atoms with E-state index in [0.717, 1.165) is 37.0 Å². The molecule has 0 radical (unpaired) electrons. The molecular formula is C14H22O2. The summed E-state index contributed by atoms with van der Waals surface area (Å²) < 4.78 is 5.87. The van der Waals surface area contributed by atoms with Gasteiger partial charge in [0, 0.05) is 0 Å². The van der Waals surface area contributed by atoms with Crippen LogP contribution in [0.3, 0.4) is 0 Å². The maximum Gasteiger partial charge on any atom is 0.308 e. The molecule has 4 saturated carbocycles. The Morgan fingerprint density at radius 2 is 1.50 bits per heavy atom. The van der Waals surface area contributed by atoms with E-state index in [0.29, 0.717) is 0 Å². The van der Waals surface area contributed by atoms with Crippen LogP contribution in [0.5, 0.6) is 0 Å². The van der Waals surface area contributed by atoms with Crippen LogP contribution in [0.25, 0.3) is 0 Å². The van der Waals surface area contributed by atoms with Gasteiger partial charge in [0.15, 0.2) is 0 Å². The second-order valence-corrected chi connectivity index (χ2v) is 6.68. The summed E-state index contributed by atoms with van der Waals surface area (Å²) in [5.41, 5.74) is -0.0455. The standard InChI is InChI=1S/C14H22O2/c1-9(2)13(15)16-14-6-10-3-11(7-14)5-12(4-10)8-14/h9-12H,3-8H2,1-2H3. The van der Waals surface area contributed by atoms with E-state index in [1.807, 2.05) is 13.8 Å². The molecule has 0 aromatic carbocycles. The minimum absolute atomic E-state index is 0.0157. The summed E-state index contributed by atoms with van der Waals surface area (Å²) >= 11 is 0. The van der Waals surface area contributed by atoms with Crippen LogP contribution in [0, 0.1) is 23.7 Å². The Bertz CT molecular complexity index is 271. The lowest BCUT2D eigenvalue weighted by Crippen LogP contribution is -2.53. The van der Waals surface area contributed by atoms with Crippen molar-refractivity contribution in [3.05, 3.63) is 0 Å². The van der Waals surface area contributed by atoms with Crippen molar-refractivity contribution in [1.82, 2.24) is 0 Å². The van der Waals surface area contributed by atoms with Crippen molar-refractivity contribution in [1.29, 1.82) is 0 Å². The Kier molecular flexibility index (Phi) is 2.31. The summed E-state index contributed by atoms with van der Waals surface area (Å²) in [5, 5.41) is 0. The minimum atomic E-state index is -0.0455. The highest BCUT2D eigenvalue weighted by Crippen LogP contribution is 2.57. The van der Waals surface area contributed by atoms with Crippen molar-refractivity contribution in [3.8, 4) is 0 Å². The molecule has 0 N–H and O–H groups in total. The lowest BCUT2D eigenvalue weighted by Gasteiger charge is -2.55. The summed E-state index contributed by atoms with van der Waals surface area (Å²) in [5.74, 6) is 2.60. The van der Waals surface area contributed by atoms with Crippen molar-refractivity contribution in [2.24, 2.45) is 23.7 Å². The van der Waals surface area contributed by atoms with Gasteiger partial charge >= 0.3 is 5.97 Å². The summed E-state index contributed by atoms with van der Waals surface area (Å²) in [6.07, 6.45) is 7.65. The second kappa shape index (κ2) is 3.48. The Balaban J connectivity index is 1.76. The lowest BCUT2D eigenvalue weighted by atomic mass is 9.54. The first-order valence-corrected chi connectivity index (χ1v) is 6.79. The molecule has 0 aromatic heterocycles. The fourth-order valence-electron chi connectivity index (χ4n) is 4.49. The van der Waals surface area contributed by atoms with Gasteiger partial charge in [0.1, 0.15) is 5.60 Å². The average molecular weight is 222 g/mol. The number of hydrogen-bond acceptors (Lipinski definition) is 2. The van der Waals surface area contributed by atoms with Gasteiger partial charge in [-0.05, 0) is 56.3 Å². The predicted molar refractivity (Wildman–Crippen MR) is 61.8 cm³/mol. The molecule has 2 heteroatoms. The number of rotatable bonds is 2. The molecule has 0 saturated heterocycles. The maximum absolute atomic E-state index is 11.8. The van der Waals surface area contributed by atoms with Gasteiger partial charge < -0.3 is 4.74 Å². The van der Waals surface area contributed by atoms with E-state index in [2.05, 4.69) is 0 Å².